The van der Waals surface area contributed by atoms with E-state index in [1.807, 2.05) is 32.0 Å². The van der Waals surface area contributed by atoms with Crippen molar-refractivity contribution >= 4 is 11.6 Å². The van der Waals surface area contributed by atoms with Gasteiger partial charge in [-0.25, -0.2) is 0 Å². The van der Waals surface area contributed by atoms with Crippen molar-refractivity contribution in [3.63, 3.8) is 0 Å². The van der Waals surface area contributed by atoms with Gasteiger partial charge in [0.1, 0.15) is 11.4 Å². The predicted octanol–water partition coefficient (Wildman–Crippen LogP) is 5.24. The van der Waals surface area contributed by atoms with Gasteiger partial charge in [-0.2, -0.15) is 0 Å². The van der Waals surface area contributed by atoms with Crippen LogP contribution in [0.1, 0.15) is 70.8 Å². The van der Waals surface area contributed by atoms with Crippen LogP contribution in [0.3, 0.4) is 0 Å². The van der Waals surface area contributed by atoms with E-state index in [2.05, 4.69) is 12.2 Å². The molecule has 1 saturated carbocycles. The van der Waals surface area contributed by atoms with Crippen molar-refractivity contribution in [3.05, 3.63) is 23.8 Å². The van der Waals surface area contributed by atoms with Crippen molar-refractivity contribution in [2.24, 2.45) is 0 Å². The molecule has 1 N–H and O–H groups in total. The summed E-state index contributed by atoms with van der Waals surface area (Å²) in [6.45, 7) is 7.43. The van der Waals surface area contributed by atoms with Gasteiger partial charge in [0.25, 0.3) is 5.91 Å². The lowest BCUT2D eigenvalue weighted by Crippen LogP contribution is -2.45. The van der Waals surface area contributed by atoms with Gasteiger partial charge in [0, 0.05) is 12.3 Å². The van der Waals surface area contributed by atoms with Crippen LogP contribution in [0.5, 0.6) is 5.75 Å². The first-order valence-electron chi connectivity index (χ1n) is 9.80. The van der Waals surface area contributed by atoms with E-state index in [0.717, 1.165) is 62.1 Å². The molecule has 0 spiro atoms. The molecule has 0 aliphatic heterocycles. The molecule has 1 fully saturated rings. The lowest BCUT2D eigenvalue weighted by molar-refractivity contribution is -0.143. The van der Waals surface area contributed by atoms with E-state index in [-0.39, 0.29) is 5.91 Å². The number of carbonyl (C=O) groups is 1. The Bertz CT molecular complexity index is 548. The molecular formula is C21H33NO3. The monoisotopic (exact) mass is 347 g/mol. The number of ether oxygens (including phenoxy) is 2. The smallest absolute Gasteiger partial charge is 0.256 e. The number of hydrogen-bond acceptors (Lipinski definition) is 3. The minimum absolute atomic E-state index is 0.00435. The van der Waals surface area contributed by atoms with Crippen LogP contribution in [0.15, 0.2) is 18.2 Å². The SMILES string of the molecule is CCCCOc1ccc(NC(=O)C2(OCC)CCCCCC2)cc1C. The van der Waals surface area contributed by atoms with Crippen LogP contribution in [0.2, 0.25) is 0 Å². The molecule has 0 atom stereocenters. The average Bonchev–Trinajstić information content (AvgIpc) is 2.84. The third-order valence-electron chi connectivity index (χ3n) is 4.93. The first-order chi connectivity index (χ1) is 12.1. The van der Waals surface area contributed by atoms with Crippen molar-refractivity contribution < 1.29 is 14.3 Å². The fourth-order valence-electron chi connectivity index (χ4n) is 3.47. The number of nitrogens with one attached hydrogen (secondary N) is 1. The van der Waals surface area contributed by atoms with Crippen molar-refractivity contribution in [2.75, 3.05) is 18.5 Å². The standard InChI is InChI=1S/C21H33NO3/c1-4-6-15-24-19-12-11-18(16-17(19)3)22-20(23)21(25-5-2)13-9-7-8-10-14-21/h11-12,16H,4-10,13-15H2,1-3H3,(H,22,23). The summed E-state index contributed by atoms with van der Waals surface area (Å²) in [6.07, 6.45) is 8.26. The van der Waals surface area contributed by atoms with Crippen LogP contribution in [0.25, 0.3) is 0 Å². The summed E-state index contributed by atoms with van der Waals surface area (Å²) < 4.78 is 11.8. The molecular weight excluding hydrogens is 314 g/mol. The Balaban J connectivity index is 2.06. The zero-order valence-electron chi connectivity index (χ0n) is 16.0. The second-order valence-corrected chi connectivity index (χ2v) is 6.98. The molecule has 0 unspecified atom stereocenters. The molecule has 0 bridgehead atoms. The number of rotatable bonds is 8. The minimum Gasteiger partial charge on any atom is -0.493 e. The van der Waals surface area contributed by atoms with Gasteiger partial charge in [-0.3, -0.25) is 4.79 Å². The van der Waals surface area contributed by atoms with Gasteiger partial charge in [0.15, 0.2) is 0 Å². The fourth-order valence-corrected chi connectivity index (χ4v) is 3.47. The largest absolute Gasteiger partial charge is 0.493 e. The summed E-state index contributed by atoms with van der Waals surface area (Å²) in [7, 11) is 0. The van der Waals surface area contributed by atoms with Gasteiger partial charge in [0.2, 0.25) is 0 Å². The van der Waals surface area contributed by atoms with Crippen LogP contribution in [-0.2, 0) is 9.53 Å². The van der Waals surface area contributed by atoms with E-state index in [0.29, 0.717) is 6.61 Å². The summed E-state index contributed by atoms with van der Waals surface area (Å²) in [5, 5.41) is 3.08. The molecule has 1 amide bonds. The molecule has 1 aliphatic carbocycles. The first kappa shape index (κ1) is 19.8. The second-order valence-electron chi connectivity index (χ2n) is 6.98. The molecule has 0 heterocycles. The highest BCUT2D eigenvalue weighted by molar-refractivity contribution is 5.97. The second kappa shape index (κ2) is 9.81. The van der Waals surface area contributed by atoms with E-state index in [1.165, 1.54) is 12.8 Å². The number of hydrogen-bond donors (Lipinski definition) is 1. The van der Waals surface area contributed by atoms with E-state index in [9.17, 15) is 4.79 Å². The molecule has 1 aromatic carbocycles. The van der Waals surface area contributed by atoms with E-state index in [4.69, 9.17) is 9.47 Å². The maximum atomic E-state index is 13.0. The van der Waals surface area contributed by atoms with Gasteiger partial charge in [0.05, 0.1) is 6.61 Å². The molecule has 4 nitrogen and oxygen atoms in total. The Kier molecular flexibility index (Phi) is 7.76. The number of unbranched alkanes of at least 4 members (excludes halogenated alkanes) is 1. The molecule has 2 rings (SSSR count). The normalized spacial score (nSPS) is 16.9. The Morgan fingerprint density at radius 3 is 2.48 bits per heavy atom. The van der Waals surface area contributed by atoms with Crippen LogP contribution in [0.4, 0.5) is 5.69 Å². The van der Waals surface area contributed by atoms with E-state index < -0.39 is 5.60 Å². The summed E-state index contributed by atoms with van der Waals surface area (Å²) in [5.41, 5.74) is 1.18. The molecule has 4 heteroatoms. The van der Waals surface area contributed by atoms with Crippen LogP contribution in [0, 0.1) is 6.92 Å². The zero-order valence-corrected chi connectivity index (χ0v) is 16.0. The van der Waals surface area contributed by atoms with E-state index in [1.54, 1.807) is 0 Å². The van der Waals surface area contributed by atoms with Gasteiger partial charge in [-0.15, -0.1) is 0 Å². The lowest BCUT2D eigenvalue weighted by atomic mass is 9.92. The van der Waals surface area contributed by atoms with Crippen LogP contribution < -0.4 is 10.1 Å². The average molecular weight is 347 g/mol. The minimum atomic E-state index is -0.671. The number of carbonyl (C=O) groups excluding carboxylic acids is 1. The zero-order chi connectivity index (χ0) is 18.1. The fraction of sp³-hybridized carbons (Fsp3) is 0.667. The molecule has 0 saturated heterocycles. The number of anilines is 1. The summed E-state index contributed by atoms with van der Waals surface area (Å²) in [5.74, 6) is 0.885. The topological polar surface area (TPSA) is 47.6 Å². The highest BCUT2D eigenvalue weighted by Gasteiger charge is 2.39. The molecule has 0 aromatic heterocycles. The number of aryl methyl sites for hydroxylation is 1. The maximum absolute atomic E-state index is 13.0. The molecule has 140 valence electrons. The Morgan fingerprint density at radius 2 is 1.88 bits per heavy atom. The Morgan fingerprint density at radius 1 is 1.16 bits per heavy atom. The Labute approximate surface area is 152 Å². The third-order valence-corrected chi connectivity index (χ3v) is 4.93. The first-order valence-corrected chi connectivity index (χ1v) is 9.80. The molecule has 25 heavy (non-hydrogen) atoms. The van der Waals surface area contributed by atoms with Crippen molar-refractivity contribution in [2.45, 2.75) is 77.7 Å². The third kappa shape index (κ3) is 5.46. The molecule has 0 radical (unpaired) electrons. The van der Waals surface area contributed by atoms with Gasteiger partial charge >= 0.3 is 0 Å². The van der Waals surface area contributed by atoms with E-state index >= 15 is 0 Å². The highest BCUT2D eigenvalue weighted by atomic mass is 16.5. The Hall–Kier alpha value is -1.55. The maximum Gasteiger partial charge on any atom is 0.256 e. The van der Waals surface area contributed by atoms with Crippen molar-refractivity contribution in [1.29, 1.82) is 0 Å². The van der Waals surface area contributed by atoms with Crippen LogP contribution in [-0.4, -0.2) is 24.7 Å². The molecule has 1 aromatic rings. The number of benzene rings is 1. The summed E-state index contributed by atoms with van der Waals surface area (Å²) in [4.78, 5) is 13.0. The summed E-state index contributed by atoms with van der Waals surface area (Å²) >= 11 is 0. The van der Waals surface area contributed by atoms with Gasteiger partial charge in [-0.05, 0) is 56.9 Å². The molecule has 1 aliphatic rings. The number of amides is 1. The van der Waals surface area contributed by atoms with Crippen LogP contribution >= 0.6 is 0 Å². The quantitative estimate of drug-likeness (QED) is 0.516. The summed E-state index contributed by atoms with van der Waals surface area (Å²) in [6, 6.07) is 5.85. The highest BCUT2D eigenvalue weighted by Crippen LogP contribution is 2.32. The van der Waals surface area contributed by atoms with Crippen molar-refractivity contribution in [1.82, 2.24) is 0 Å². The van der Waals surface area contributed by atoms with Gasteiger partial charge < -0.3 is 14.8 Å². The van der Waals surface area contributed by atoms with Crippen molar-refractivity contribution in [3.8, 4) is 5.75 Å². The van der Waals surface area contributed by atoms with Gasteiger partial charge in [-0.1, -0.05) is 39.0 Å². The predicted molar refractivity (Wildman–Crippen MR) is 102 cm³/mol. The lowest BCUT2D eigenvalue weighted by Gasteiger charge is -2.31.